The molecular weight excluding hydrogens is 367 g/mol. The lowest BCUT2D eigenvalue weighted by Gasteiger charge is -2.31. The van der Waals surface area contributed by atoms with Crippen LogP contribution < -0.4 is 0 Å². The summed E-state index contributed by atoms with van der Waals surface area (Å²) < 4.78 is 0. The smallest absolute Gasteiger partial charge is 0.111 e. The fraction of sp³-hybridized carbons (Fsp3) is 0.333. The van der Waals surface area contributed by atoms with Crippen LogP contribution in [0.2, 0.25) is 10.0 Å². The van der Waals surface area contributed by atoms with Crippen LogP contribution in [-0.2, 0) is 0 Å². The van der Waals surface area contributed by atoms with Crippen molar-refractivity contribution >= 4 is 23.2 Å². The highest BCUT2D eigenvalue weighted by atomic mass is 35.5. The van der Waals surface area contributed by atoms with E-state index in [2.05, 4.69) is 0 Å². The normalized spacial score (nSPS) is 16.5. The average Bonchev–Trinajstić information content (AvgIpc) is 2.63. The van der Waals surface area contributed by atoms with Gasteiger partial charge in [-0.3, -0.25) is 0 Å². The van der Waals surface area contributed by atoms with Crippen molar-refractivity contribution in [1.29, 1.82) is 0 Å². The molecular formula is C18H20Cl2O5. The summed E-state index contributed by atoms with van der Waals surface area (Å²) in [7, 11) is 0. The lowest BCUT2D eigenvalue weighted by atomic mass is 9.82. The maximum atomic E-state index is 10.7. The molecule has 0 saturated heterocycles. The summed E-state index contributed by atoms with van der Waals surface area (Å²) in [5, 5.41) is 50.4. The lowest BCUT2D eigenvalue weighted by Crippen LogP contribution is -2.48. The summed E-state index contributed by atoms with van der Waals surface area (Å²) in [6, 6.07) is 13.4. The molecule has 5 N–H and O–H groups in total. The monoisotopic (exact) mass is 386 g/mol. The Morgan fingerprint density at radius 2 is 1.04 bits per heavy atom. The first kappa shape index (κ1) is 20.1. The summed E-state index contributed by atoms with van der Waals surface area (Å²) in [5.41, 5.74) is 1.31. The van der Waals surface area contributed by atoms with E-state index in [1.165, 1.54) is 0 Å². The molecule has 0 aromatic heterocycles. The van der Waals surface area contributed by atoms with Gasteiger partial charge < -0.3 is 25.5 Å². The number of rotatable bonds is 7. The predicted molar refractivity (Wildman–Crippen MR) is 95.9 cm³/mol. The lowest BCUT2D eigenvalue weighted by molar-refractivity contribution is -0.117. The van der Waals surface area contributed by atoms with E-state index in [9.17, 15) is 20.4 Å². The van der Waals surface area contributed by atoms with E-state index in [1.54, 1.807) is 48.5 Å². The van der Waals surface area contributed by atoms with Crippen molar-refractivity contribution < 1.29 is 25.5 Å². The van der Waals surface area contributed by atoms with Crippen molar-refractivity contribution in [3.8, 4) is 0 Å². The molecule has 0 heterocycles. The molecule has 0 aliphatic heterocycles. The first-order valence-corrected chi connectivity index (χ1v) is 8.44. The molecule has 0 aliphatic rings. The quantitative estimate of drug-likeness (QED) is 0.497. The summed E-state index contributed by atoms with van der Waals surface area (Å²) in [4.78, 5) is 0. The highest BCUT2D eigenvalue weighted by Crippen LogP contribution is 2.32. The van der Waals surface area contributed by atoms with Crippen LogP contribution in [0.15, 0.2) is 48.5 Å². The van der Waals surface area contributed by atoms with Crippen molar-refractivity contribution in [2.45, 2.75) is 30.3 Å². The van der Waals surface area contributed by atoms with E-state index < -0.39 is 36.9 Å². The van der Waals surface area contributed by atoms with Gasteiger partial charge in [0.2, 0.25) is 0 Å². The topological polar surface area (TPSA) is 101 Å². The standard InChI is InChI=1S/C18H20Cl2O5/c19-12-5-1-10(2-6-12)15(11-3-7-13(20)8-4-11)17(24)18(25)16(23)14(22)9-21/h1-8,14-18,21-25H,9H2/t14-,16-,17+,18-/m1/s1. The molecule has 0 aliphatic carbocycles. The van der Waals surface area contributed by atoms with Gasteiger partial charge in [0.1, 0.15) is 18.3 Å². The molecule has 0 radical (unpaired) electrons. The molecule has 25 heavy (non-hydrogen) atoms. The molecule has 0 bridgehead atoms. The van der Waals surface area contributed by atoms with Crippen LogP contribution in [0.5, 0.6) is 0 Å². The Bertz CT molecular complexity index is 617. The largest absolute Gasteiger partial charge is 0.394 e. The van der Waals surface area contributed by atoms with Crippen molar-refractivity contribution in [1.82, 2.24) is 0 Å². The van der Waals surface area contributed by atoms with E-state index in [0.29, 0.717) is 21.2 Å². The van der Waals surface area contributed by atoms with Gasteiger partial charge in [0.25, 0.3) is 0 Å². The Labute approximate surface area is 155 Å². The highest BCUT2D eigenvalue weighted by Gasteiger charge is 2.36. The number of aliphatic hydroxyl groups is 5. The van der Waals surface area contributed by atoms with Crippen LogP contribution in [0.4, 0.5) is 0 Å². The van der Waals surface area contributed by atoms with Gasteiger partial charge in [-0.05, 0) is 35.4 Å². The second-order valence-electron chi connectivity index (χ2n) is 5.80. The third kappa shape index (κ3) is 4.92. The summed E-state index contributed by atoms with van der Waals surface area (Å²) in [6.07, 6.45) is -6.40. The average molecular weight is 387 g/mol. The number of halogens is 2. The van der Waals surface area contributed by atoms with Gasteiger partial charge in [0.05, 0.1) is 12.7 Å². The Kier molecular flexibility index (Phi) is 7.22. The van der Waals surface area contributed by atoms with E-state index in [4.69, 9.17) is 28.3 Å². The molecule has 2 rings (SSSR count). The Balaban J connectivity index is 2.40. The minimum atomic E-state index is -1.71. The fourth-order valence-electron chi connectivity index (χ4n) is 2.66. The number of aliphatic hydroxyl groups excluding tert-OH is 5. The molecule has 2 aromatic carbocycles. The van der Waals surface area contributed by atoms with E-state index in [1.807, 2.05) is 0 Å². The molecule has 0 unspecified atom stereocenters. The Morgan fingerprint density at radius 3 is 1.40 bits per heavy atom. The molecule has 0 amide bonds. The van der Waals surface area contributed by atoms with Gasteiger partial charge >= 0.3 is 0 Å². The van der Waals surface area contributed by atoms with Crippen molar-refractivity contribution in [2.24, 2.45) is 0 Å². The van der Waals surface area contributed by atoms with Crippen molar-refractivity contribution in [2.75, 3.05) is 6.61 Å². The maximum absolute atomic E-state index is 10.7. The van der Waals surface area contributed by atoms with Gasteiger partial charge in [-0.1, -0.05) is 47.5 Å². The fourth-order valence-corrected chi connectivity index (χ4v) is 2.91. The second-order valence-corrected chi connectivity index (χ2v) is 6.68. The zero-order valence-corrected chi connectivity index (χ0v) is 14.7. The van der Waals surface area contributed by atoms with Crippen molar-refractivity contribution in [3.05, 3.63) is 69.7 Å². The highest BCUT2D eigenvalue weighted by molar-refractivity contribution is 6.30. The van der Waals surface area contributed by atoms with Gasteiger partial charge in [-0.2, -0.15) is 0 Å². The van der Waals surface area contributed by atoms with Gasteiger partial charge in [-0.25, -0.2) is 0 Å². The number of benzene rings is 2. The zero-order valence-electron chi connectivity index (χ0n) is 13.2. The van der Waals surface area contributed by atoms with Gasteiger partial charge in [0.15, 0.2) is 0 Å². The maximum Gasteiger partial charge on any atom is 0.111 e. The van der Waals surface area contributed by atoms with E-state index in [-0.39, 0.29) is 0 Å². The zero-order chi connectivity index (χ0) is 18.6. The minimum absolute atomic E-state index is 0.518. The molecule has 136 valence electrons. The van der Waals surface area contributed by atoms with Crippen LogP contribution in [0.1, 0.15) is 17.0 Å². The first-order chi connectivity index (χ1) is 11.8. The van der Waals surface area contributed by atoms with Crippen LogP contribution >= 0.6 is 23.2 Å². The number of hydrogen-bond donors (Lipinski definition) is 5. The van der Waals surface area contributed by atoms with E-state index in [0.717, 1.165) is 0 Å². The number of hydrogen-bond acceptors (Lipinski definition) is 5. The molecule has 0 spiro atoms. The SMILES string of the molecule is OC[C@@H](O)[C@@H](O)[C@@H](O)[C@@H](O)C(c1ccc(Cl)cc1)c1ccc(Cl)cc1. The predicted octanol–water partition coefficient (Wildman–Crippen LogP) is 1.56. The van der Waals surface area contributed by atoms with Crippen LogP contribution in [0.25, 0.3) is 0 Å². The Hall–Kier alpha value is -1.18. The van der Waals surface area contributed by atoms with Crippen LogP contribution in [-0.4, -0.2) is 56.6 Å². The Morgan fingerprint density at radius 1 is 0.640 bits per heavy atom. The van der Waals surface area contributed by atoms with E-state index >= 15 is 0 Å². The summed E-state index contributed by atoms with van der Waals surface area (Å²) in [6.45, 7) is -0.739. The third-order valence-corrected chi connectivity index (χ3v) is 4.58. The first-order valence-electron chi connectivity index (χ1n) is 7.69. The van der Waals surface area contributed by atoms with Crippen LogP contribution in [0.3, 0.4) is 0 Å². The molecule has 5 nitrogen and oxygen atoms in total. The molecule has 0 fully saturated rings. The third-order valence-electron chi connectivity index (χ3n) is 4.08. The summed E-state index contributed by atoms with van der Waals surface area (Å²) in [5.74, 6) is -0.704. The van der Waals surface area contributed by atoms with Crippen molar-refractivity contribution in [3.63, 3.8) is 0 Å². The molecule has 2 aromatic rings. The van der Waals surface area contributed by atoms with Crippen LogP contribution in [0, 0.1) is 0 Å². The summed E-state index contributed by atoms with van der Waals surface area (Å²) >= 11 is 11.8. The molecule has 4 atom stereocenters. The van der Waals surface area contributed by atoms with Gasteiger partial charge in [-0.15, -0.1) is 0 Å². The van der Waals surface area contributed by atoms with Gasteiger partial charge in [0, 0.05) is 16.0 Å². The molecule has 7 heteroatoms. The molecule has 0 saturated carbocycles. The second kappa shape index (κ2) is 8.96. The minimum Gasteiger partial charge on any atom is -0.394 e.